The van der Waals surface area contributed by atoms with Crippen molar-refractivity contribution < 1.29 is 4.42 Å². The smallest absolute Gasteiger partial charge is 0.136 e. The highest BCUT2D eigenvalue weighted by Crippen LogP contribution is 2.42. The summed E-state index contributed by atoms with van der Waals surface area (Å²) in [6, 6.07) is 50.6. The summed E-state index contributed by atoms with van der Waals surface area (Å²) in [6.45, 7) is 0. The fraction of sp³-hybridized carbons (Fsp3) is 0. The average Bonchev–Trinajstić information content (AvgIpc) is 3.71. The molecule has 3 heteroatoms. The van der Waals surface area contributed by atoms with Gasteiger partial charge in [0.05, 0.1) is 11.0 Å². The Balaban J connectivity index is 1.24. The molecule has 3 aromatic heterocycles. The molecule has 0 amide bonds. The highest BCUT2D eigenvalue weighted by atomic mass is 32.1. The van der Waals surface area contributed by atoms with Crippen molar-refractivity contribution in [2.45, 2.75) is 0 Å². The van der Waals surface area contributed by atoms with Gasteiger partial charge in [0, 0.05) is 47.4 Å². The third kappa shape index (κ3) is 3.28. The SMILES string of the molecule is c1ccc2cc3c(cc2c1)c1cc2oc4ccccc4c2cc1n3-c1ccc(-c2cccc3sc4ccccc4c23)cc1. The van der Waals surface area contributed by atoms with Crippen LogP contribution in [0.5, 0.6) is 0 Å². The van der Waals surface area contributed by atoms with Gasteiger partial charge in [-0.15, -0.1) is 11.3 Å². The zero-order chi connectivity index (χ0) is 28.1. The van der Waals surface area contributed by atoms with Gasteiger partial charge >= 0.3 is 0 Å². The Labute approximate surface area is 250 Å². The Hall–Kier alpha value is -5.38. The molecule has 10 aromatic rings. The van der Waals surface area contributed by atoms with Gasteiger partial charge in [-0.1, -0.05) is 84.9 Å². The number of nitrogens with zero attached hydrogens (tertiary/aromatic N) is 1. The van der Waals surface area contributed by atoms with E-state index < -0.39 is 0 Å². The van der Waals surface area contributed by atoms with Crippen molar-refractivity contribution in [2.75, 3.05) is 0 Å². The van der Waals surface area contributed by atoms with E-state index in [0.29, 0.717) is 0 Å². The number of para-hydroxylation sites is 1. The van der Waals surface area contributed by atoms with E-state index in [1.54, 1.807) is 0 Å². The molecule has 0 aliphatic heterocycles. The van der Waals surface area contributed by atoms with E-state index in [2.05, 4.69) is 138 Å². The standard InChI is InChI=1S/C40H23NOS/c1-2-9-26-21-34-31(20-25(26)8-1)32-23-37-33(29-10-3-5-13-36(29)42-37)22-35(32)41(34)27-18-16-24(17-19-27)28-12-7-15-39-40(28)30-11-4-6-14-38(30)43-39/h1-23H. The molecule has 43 heavy (non-hydrogen) atoms. The largest absolute Gasteiger partial charge is 0.456 e. The maximum Gasteiger partial charge on any atom is 0.136 e. The molecule has 0 N–H and O–H groups in total. The first-order valence-electron chi connectivity index (χ1n) is 14.6. The fourth-order valence-corrected chi connectivity index (χ4v) is 8.14. The molecule has 0 spiro atoms. The average molecular weight is 566 g/mol. The molecule has 0 aliphatic rings. The van der Waals surface area contributed by atoms with E-state index in [0.717, 1.165) is 27.6 Å². The molecule has 0 saturated carbocycles. The van der Waals surface area contributed by atoms with Crippen LogP contribution >= 0.6 is 11.3 Å². The van der Waals surface area contributed by atoms with E-state index >= 15 is 0 Å². The van der Waals surface area contributed by atoms with E-state index in [9.17, 15) is 0 Å². The number of rotatable bonds is 2. The minimum Gasteiger partial charge on any atom is -0.456 e. The van der Waals surface area contributed by atoms with Gasteiger partial charge in [0.1, 0.15) is 11.2 Å². The molecule has 0 aliphatic carbocycles. The summed E-state index contributed by atoms with van der Waals surface area (Å²) in [4.78, 5) is 0. The van der Waals surface area contributed by atoms with Crippen molar-refractivity contribution in [1.29, 1.82) is 0 Å². The first-order valence-corrected chi connectivity index (χ1v) is 15.4. The maximum atomic E-state index is 6.33. The van der Waals surface area contributed by atoms with Crippen LogP contribution in [0.3, 0.4) is 0 Å². The van der Waals surface area contributed by atoms with Crippen LogP contribution in [0.4, 0.5) is 0 Å². The Morgan fingerprint density at radius 1 is 0.465 bits per heavy atom. The molecule has 10 rings (SSSR count). The van der Waals surface area contributed by atoms with Gasteiger partial charge in [-0.2, -0.15) is 0 Å². The molecule has 3 heterocycles. The van der Waals surface area contributed by atoms with E-state index in [1.165, 1.54) is 63.9 Å². The first-order chi connectivity index (χ1) is 21.3. The summed E-state index contributed by atoms with van der Waals surface area (Å²) in [5, 5.41) is 9.87. The van der Waals surface area contributed by atoms with Crippen molar-refractivity contribution in [3.63, 3.8) is 0 Å². The predicted molar refractivity (Wildman–Crippen MR) is 184 cm³/mol. The van der Waals surface area contributed by atoms with Gasteiger partial charge in [-0.3, -0.25) is 0 Å². The van der Waals surface area contributed by atoms with Crippen molar-refractivity contribution >= 4 is 86.0 Å². The Morgan fingerprint density at radius 2 is 1.16 bits per heavy atom. The van der Waals surface area contributed by atoms with Crippen LogP contribution in [0.2, 0.25) is 0 Å². The lowest BCUT2D eigenvalue weighted by molar-refractivity contribution is 0.669. The molecule has 0 atom stereocenters. The van der Waals surface area contributed by atoms with Gasteiger partial charge in [0.25, 0.3) is 0 Å². The van der Waals surface area contributed by atoms with Gasteiger partial charge in [0.15, 0.2) is 0 Å². The number of aromatic nitrogens is 1. The molecule has 7 aromatic carbocycles. The Kier molecular flexibility index (Phi) is 4.63. The van der Waals surface area contributed by atoms with Crippen molar-refractivity contribution in [3.05, 3.63) is 140 Å². The summed E-state index contributed by atoms with van der Waals surface area (Å²) < 4.78 is 11.4. The normalized spacial score (nSPS) is 12.2. The van der Waals surface area contributed by atoms with Crippen LogP contribution in [0.25, 0.3) is 91.5 Å². The Bertz CT molecular complexity index is 2720. The zero-order valence-corrected chi connectivity index (χ0v) is 23.9. The van der Waals surface area contributed by atoms with Crippen LogP contribution in [0.1, 0.15) is 0 Å². The predicted octanol–water partition coefficient (Wildman–Crippen LogP) is 11.9. The topological polar surface area (TPSA) is 18.1 Å². The quantitative estimate of drug-likeness (QED) is 0.204. The van der Waals surface area contributed by atoms with Gasteiger partial charge in [-0.05, 0) is 76.5 Å². The van der Waals surface area contributed by atoms with Crippen LogP contribution in [-0.4, -0.2) is 4.57 Å². The number of thiophene rings is 1. The molecule has 0 bridgehead atoms. The van der Waals surface area contributed by atoms with Crippen molar-refractivity contribution in [3.8, 4) is 16.8 Å². The van der Waals surface area contributed by atoms with Crippen LogP contribution in [0, 0.1) is 0 Å². The summed E-state index contributed by atoms with van der Waals surface area (Å²) >= 11 is 1.87. The molecule has 0 saturated heterocycles. The minimum absolute atomic E-state index is 0.922. The summed E-state index contributed by atoms with van der Waals surface area (Å²) in [5.41, 5.74) is 7.88. The highest BCUT2D eigenvalue weighted by molar-refractivity contribution is 7.25. The number of furan rings is 1. The second-order valence-corrected chi connectivity index (χ2v) is 12.4. The minimum atomic E-state index is 0.922. The van der Waals surface area contributed by atoms with Gasteiger partial charge in [-0.25, -0.2) is 0 Å². The second-order valence-electron chi connectivity index (χ2n) is 11.3. The summed E-state index contributed by atoms with van der Waals surface area (Å²) in [5.74, 6) is 0. The van der Waals surface area contributed by atoms with Gasteiger partial charge in [0.2, 0.25) is 0 Å². The molecule has 0 fully saturated rings. The highest BCUT2D eigenvalue weighted by Gasteiger charge is 2.18. The molecule has 200 valence electrons. The van der Waals surface area contributed by atoms with Crippen LogP contribution < -0.4 is 0 Å². The lowest BCUT2D eigenvalue weighted by atomic mass is 9.99. The van der Waals surface area contributed by atoms with Gasteiger partial charge < -0.3 is 8.98 Å². The zero-order valence-electron chi connectivity index (χ0n) is 23.0. The molecule has 0 unspecified atom stereocenters. The Morgan fingerprint density at radius 3 is 2.05 bits per heavy atom. The number of hydrogen-bond donors (Lipinski definition) is 0. The maximum absolute atomic E-state index is 6.33. The lowest BCUT2D eigenvalue weighted by Crippen LogP contribution is -1.94. The third-order valence-electron chi connectivity index (χ3n) is 8.97. The van der Waals surface area contributed by atoms with Crippen LogP contribution in [0.15, 0.2) is 144 Å². The lowest BCUT2D eigenvalue weighted by Gasteiger charge is -2.11. The molecular formula is C40H23NOS. The number of benzene rings is 7. The molecule has 2 nitrogen and oxygen atoms in total. The third-order valence-corrected chi connectivity index (χ3v) is 10.1. The fourth-order valence-electron chi connectivity index (χ4n) is 7.00. The first kappa shape index (κ1) is 23.2. The monoisotopic (exact) mass is 565 g/mol. The summed E-state index contributed by atoms with van der Waals surface area (Å²) in [7, 11) is 0. The van der Waals surface area contributed by atoms with Crippen molar-refractivity contribution in [1.82, 2.24) is 4.57 Å². The molecule has 0 radical (unpaired) electrons. The van der Waals surface area contributed by atoms with E-state index in [1.807, 2.05) is 17.4 Å². The van der Waals surface area contributed by atoms with Crippen molar-refractivity contribution in [2.24, 2.45) is 0 Å². The second kappa shape index (κ2) is 8.57. The number of hydrogen-bond acceptors (Lipinski definition) is 2. The van der Waals surface area contributed by atoms with Crippen LogP contribution in [-0.2, 0) is 0 Å². The molecular weight excluding hydrogens is 543 g/mol. The summed E-state index contributed by atoms with van der Waals surface area (Å²) in [6.07, 6.45) is 0. The number of fused-ring (bicyclic) bond motifs is 10. The van der Waals surface area contributed by atoms with E-state index in [4.69, 9.17) is 4.42 Å². The van der Waals surface area contributed by atoms with E-state index in [-0.39, 0.29) is 0 Å².